The lowest BCUT2D eigenvalue weighted by Gasteiger charge is -2.34. The van der Waals surface area contributed by atoms with Gasteiger partial charge in [-0.15, -0.1) is 11.3 Å². The monoisotopic (exact) mass is 211 g/mol. The van der Waals surface area contributed by atoms with E-state index in [9.17, 15) is 0 Å². The van der Waals surface area contributed by atoms with E-state index in [2.05, 4.69) is 30.2 Å². The van der Waals surface area contributed by atoms with Crippen molar-refractivity contribution in [3.05, 3.63) is 21.9 Å². The molecule has 14 heavy (non-hydrogen) atoms. The number of rotatable bonds is 3. The summed E-state index contributed by atoms with van der Waals surface area (Å²) >= 11 is 1.86. The van der Waals surface area contributed by atoms with Crippen LogP contribution in [0.5, 0.6) is 0 Å². The average Bonchev–Trinajstić information content (AvgIpc) is 2.67. The maximum absolute atomic E-state index is 5.80. The first-order valence-corrected chi connectivity index (χ1v) is 6.16. The molecule has 78 valence electrons. The molecule has 0 bridgehead atoms. The van der Waals surface area contributed by atoms with Crippen LogP contribution in [-0.4, -0.2) is 24.6 Å². The highest BCUT2D eigenvalue weighted by molar-refractivity contribution is 7.10. The molecule has 0 saturated carbocycles. The van der Waals surface area contributed by atoms with Crippen LogP contribution in [0.2, 0.25) is 0 Å². The molecule has 0 amide bonds. The second-order valence-corrected chi connectivity index (χ2v) is 4.49. The molecular weight excluding hydrogens is 194 g/mol. The Morgan fingerprint density at radius 3 is 3.14 bits per heavy atom. The van der Waals surface area contributed by atoms with E-state index in [1.807, 2.05) is 11.3 Å². The summed E-state index contributed by atoms with van der Waals surface area (Å²) in [5, 5.41) is 2.18. The molecule has 1 aliphatic heterocycles. The maximum Gasteiger partial charge on any atom is 0.137 e. The van der Waals surface area contributed by atoms with Crippen molar-refractivity contribution in [2.75, 3.05) is 19.7 Å². The fourth-order valence-corrected chi connectivity index (χ4v) is 2.90. The fraction of sp³-hybridized carbons (Fsp3) is 0.636. The Bertz CT molecular complexity index is 297. The second-order valence-electron chi connectivity index (χ2n) is 3.49. The minimum Gasteiger partial charge on any atom is -0.359 e. The molecule has 1 aliphatic rings. The van der Waals surface area contributed by atoms with Crippen molar-refractivity contribution in [2.45, 2.75) is 26.5 Å². The van der Waals surface area contributed by atoms with Crippen LogP contribution < -0.4 is 0 Å². The third-order valence-corrected chi connectivity index (χ3v) is 3.73. The van der Waals surface area contributed by atoms with Crippen LogP contribution in [0.1, 0.15) is 30.5 Å². The molecule has 3 heteroatoms. The van der Waals surface area contributed by atoms with Crippen molar-refractivity contribution >= 4 is 11.3 Å². The molecule has 0 spiro atoms. The zero-order chi connectivity index (χ0) is 9.97. The maximum atomic E-state index is 5.80. The summed E-state index contributed by atoms with van der Waals surface area (Å²) in [6.07, 6.45) is 1.39. The SMILES string of the molecule is CCOC1c2ccsc2CCN1CC. The molecule has 0 N–H and O–H groups in total. The largest absolute Gasteiger partial charge is 0.359 e. The normalized spacial score (nSPS) is 22.3. The van der Waals surface area contributed by atoms with E-state index in [1.54, 1.807) is 0 Å². The lowest BCUT2D eigenvalue weighted by Crippen LogP contribution is -2.36. The van der Waals surface area contributed by atoms with Crippen molar-refractivity contribution in [2.24, 2.45) is 0 Å². The second kappa shape index (κ2) is 4.43. The van der Waals surface area contributed by atoms with E-state index in [0.717, 1.165) is 19.7 Å². The lowest BCUT2D eigenvalue weighted by atomic mass is 10.1. The first kappa shape index (κ1) is 10.1. The number of hydrogen-bond donors (Lipinski definition) is 0. The van der Waals surface area contributed by atoms with Gasteiger partial charge in [0.1, 0.15) is 6.23 Å². The zero-order valence-electron chi connectivity index (χ0n) is 8.82. The van der Waals surface area contributed by atoms with Gasteiger partial charge >= 0.3 is 0 Å². The highest BCUT2D eigenvalue weighted by Crippen LogP contribution is 2.33. The van der Waals surface area contributed by atoms with Crippen LogP contribution in [-0.2, 0) is 11.2 Å². The Hall–Kier alpha value is -0.380. The third kappa shape index (κ3) is 1.72. The number of nitrogens with zero attached hydrogens (tertiary/aromatic N) is 1. The first-order chi connectivity index (χ1) is 6.86. The summed E-state index contributed by atoms with van der Waals surface area (Å²) in [4.78, 5) is 3.91. The van der Waals surface area contributed by atoms with Gasteiger partial charge in [0.15, 0.2) is 0 Å². The Labute approximate surface area is 89.5 Å². The van der Waals surface area contributed by atoms with E-state index in [0.29, 0.717) is 0 Å². The van der Waals surface area contributed by atoms with Gasteiger partial charge in [-0.3, -0.25) is 4.90 Å². The summed E-state index contributed by atoms with van der Waals surface area (Å²) in [6.45, 7) is 7.25. The minimum atomic E-state index is 0.208. The van der Waals surface area contributed by atoms with E-state index < -0.39 is 0 Å². The van der Waals surface area contributed by atoms with Gasteiger partial charge in [0.25, 0.3) is 0 Å². The summed E-state index contributed by atoms with van der Waals surface area (Å²) in [7, 11) is 0. The van der Waals surface area contributed by atoms with E-state index in [4.69, 9.17) is 4.74 Å². The number of thiophene rings is 1. The number of ether oxygens (including phenoxy) is 1. The van der Waals surface area contributed by atoms with Crippen LogP contribution in [0.3, 0.4) is 0 Å². The highest BCUT2D eigenvalue weighted by atomic mass is 32.1. The predicted molar refractivity (Wildman–Crippen MR) is 59.6 cm³/mol. The topological polar surface area (TPSA) is 12.5 Å². The molecule has 2 heterocycles. The van der Waals surface area contributed by atoms with Gasteiger partial charge in [0.2, 0.25) is 0 Å². The summed E-state index contributed by atoms with van der Waals surface area (Å²) < 4.78 is 5.80. The minimum absolute atomic E-state index is 0.208. The van der Waals surface area contributed by atoms with Gasteiger partial charge < -0.3 is 4.74 Å². The summed E-state index contributed by atoms with van der Waals surface area (Å²) in [5.74, 6) is 0. The Morgan fingerprint density at radius 1 is 1.57 bits per heavy atom. The van der Waals surface area contributed by atoms with Gasteiger partial charge in [-0.1, -0.05) is 6.92 Å². The number of hydrogen-bond acceptors (Lipinski definition) is 3. The molecule has 0 radical (unpaired) electrons. The molecule has 0 aliphatic carbocycles. The molecule has 1 atom stereocenters. The predicted octanol–water partition coefficient (Wildman–Crippen LogP) is 2.66. The van der Waals surface area contributed by atoms with Crippen molar-refractivity contribution < 1.29 is 4.74 Å². The van der Waals surface area contributed by atoms with Gasteiger partial charge in [0, 0.05) is 23.6 Å². The molecule has 1 aromatic heterocycles. The fourth-order valence-electron chi connectivity index (χ4n) is 2.01. The molecular formula is C11H17NOS. The van der Waals surface area contributed by atoms with Gasteiger partial charge in [0.05, 0.1) is 0 Å². The standard InChI is InChI=1S/C11H17NOS/c1-3-12-7-5-10-9(6-8-14-10)11(12)13-4-2/h6,8,11H,3-5,7H2,1-2H3. The van der Waals surface area contributed by atoms with Crippen molar-refractivity contribution in [3.8, 4) is 0 Å². The third-order valence-electron chi connectivity index (χ3n) is 2.73. The summed E-state index contributed by atoms with van der Waals surface area (Å²) in [6, 6.07) is 2.21. The Kier molecular flexibility index (Phi) is 3.21. The van der Waals surface area contributed by atoms with E-state index in [1.165, 1.54) is 16.9 Å². The van der Waals surface area contributed by atoms with E-state index in [-0.39, 0.29) is 6.23 Å². The quantitative estimate of drug-likeness (QED) is 0.762. The van der Waals surface area contributed by atoms with E-state index >= 15 is 0 Å². The molecule has 1 aromatic rings. The molecule has 1 unspecified atom stereocenters. The van der Waals surface area contributed by atoms with Crippen molar-refractivity contribution in [1.82, 2.24) is 4.90 Å². The van der Waals surface area contributed by atoms with Crippen LogP contribution in [0.4, 0.5) is 0 Å². The van der Waals surface area contributed by atoms with Gasteiger partial charge in [-0.05, 0) is 31.3 Å². The Morgan fingerprint density at radius 2 is 2.43 bits per heavy atom. The number of fused-ring (bicyclic) bond motifs is 1. The van der Waals surface area contributed by atoms with Crippen LogP contribution in [0.25, 0.3) is 0 Å². The Balaban J connectivity index is 2.23. The van der Waals surface area contributed by atoms with Crippen LogP contribution in [0.15, 0.2) is 11.4 Å². The van der Waals surface area contributed by atoms with Crippen LogP contribution >= 0.6 is 11.3 Å². The first-order valence-electron chi connectivity index (χ1n) is 5.28. The molecule has 0 saturated heterocycles. The average molecular weight is 211 g/mol. The van der Waals surface area contributed by atoms with Crippen LogP contribution in [0, 0.1) is 0 Å². The lowest BCUT2D eigenvalue weighted by molar-refractivity contribution is -0.0607. The molecule has 0 fully saturated rings. The summed E-state index contributed by atoms with van der Waals surface area (Å²) in [5.41, 5.74) is 1.39. The van der Waals surface area contributed by atoms with Gasteiger partial charge in [-0.2, -0.15) is 0 Å². The number of likely N-dealkylation sites (N-methyl/N-ethyl adjacent to an activating group) is 1. The highest BCUT2D eigenvalue weighted by Gasteiger charge is 2.27. The molecule has 2 rings (SSSR count). The van der Waals surface area contributed by atoms with Crippen molar-refractivity contribution in [3.63, 3.8) is 0 Å². The molecule has 2 nitrogen and oxygen atoms in total. The van der Waals surface area contributed by atoms with Gasteiger partial charge in [-0.25, -0.2) is 0 Å². The van der Waals surface area contributed by atoms with Crippen molar-refractivity contribution in [1.29, 1.82) is 0 Å². The smallest absolute Gasteiger partial charge is 0.137 e. The zero-order valence-corrected chi connectivity index (χ0v) is 9.64. The molecule has 0 aromatic carbocycles.